The fourth-order valence-electron chi connectivity index (χ4n) is 2.69. The SMILES string of the molecule is COc1ccc(CCCNc2nc3cc(Cl)ccc3c(=O)n2C)cc1. The highest BCUT2D eigenvalue weighted by Crippen LogP contribution is 2.17. The number of benzene rings is 2. The number of nitrogens with zero attached hydrogens (tertiary/aromatic N) is 2. The lowest BCUT2D eigenvalue weighted by atomic mass is 10.1. The summed E-state index contributed by atoms with van der Waals surface area (Å²) < 4.78 is 6.69. The van der Waals surface area contributed by atoms with Crippen molar-refractivity contribution in [2.24, 2.45) is 7.05 Å². The predicted octanol–water partition coefficient (Wildman–Crippen LogP) is 3.64. The molecular weight excluding hydrogens is 338 g/mol. The van der Waals surface area contributed by atoms with Crippen molar-refractivity contribution in [2.45, 2.75) is 12.8 Å². The van der Waals surface area contributed by atoms with Crippen LogP contribution in [0.5, 0.6) is 5.75 Å². The molecular formula is C19H20ClN3O2. The molecule has 1 aromatic heterocycles. The number of fused-ring (bicyclic) bond motifs is 1. The topological polar surface area (TPSA) is 56.1 Å². The second-order valence-electron chi connectivity index (χ2n) is 5.84. The number of hydrogen-bond donors (Lipinski definition) is 1. The Balaban J connectivity index is 1.66. The third-order valence-corrected chi connectivity index (χ3v) is 4.36. The van der Waals surface area contributed by atoms with Crippen molar-refractivity contribution in [2.75, 3.05) is 19.0 Å². The Hall–Kier alpha value is -2.53. The quantitative estimate of drug-likeness (QED) is 0.684. The lowest BCUT2D eigenvalue weighted by Gasteiger charge is -2.11. The molecule has 0 amide bonds. The lowest BCUT2D eigenvalue weighted by molar-refractivity contribution is 0.414. The fraction of sp³-hybridized carbons (Fsp3) is 0.263. The lowest BCUT2D eigenvalue weighted by Crippen LogP contribution is -2.22. The maximum absolute atomic E-state index is 12.4. The summed E-state index contributed by atoms with van der Waals surface area (Å²) in [6.07, 6.45) is 1.86. The van der Waals surface area contributed by atoms with Crippen LogP contribution in [0.15, 0.2) is 47.3 Å². The highest BCUT2D eigenvalue weighted by molar-refractivity contribution is 6.31. The second kappa shape index (κ2) is 7.57. The number of hydrogen-bond acceptors (Lipinski definition) is 4. The summed E-state index contributed by atoms with van der Waals surface area (Å²) in [5, 5.41) is 4.38. The Bertz CT molecular complexity index is 936. The van der Waals surface area contributed by atoms with E-state index in [1.54, 1.807) is 32.4 Å². The van der Waals surface area contributed by atoms with Crippen LogP contribution in [0, 0.1) is 0 Å². The minimum absolute atomic E-state index is 0.0840. The van der Waals surface area contributed by atoms with E-state index in [0.717, 1.165) is 25.1 Å². The summed E-state index contributed by atoms with van der Waals surface area (Å²) in [6, 6.07) is 13.2. The third kappa shape index (κ3) is 3.94. The van der Waals surface area contributed by atoms with Crippen molar-refractivity contribution < 1.29 is 4.74 Å². The van der Waals surface area contributed by atoms with E-state index in [4.69, 9.17) is 16.3 Å². The summed E-state index contributed by atoms with van der Waals surface area (Å²) in [5.41, 5.74) is 1.77. The van der Waals surface area contributed by atoms with Gasteiger partial charge in [-0.2, -0.15) is 0 Å². The zero-order valence-electron chi connectivity index (χ0n) is 14.3. The molecule has 0 bridgehead atoms. The first-order valence-corrected chi connectivity index (χ1v) is 8.49. The van der Waals surface area contributed by atoms with Crippen LogP contribution in [0.2, 0.25) is 5.02 Å². The first-order valence-electron chi connectivity index (χ1n) is 8.11. The molecule has 0 radical (unpaired) electrons. The van der Waals surface area contributed by atoms with Gasteiger partial charge in [-0.05, 0) is 48.7 Å². The van der Waals surface area contributed by atoms with Gasteiger partial charge in [0.25, 0.3) is 5.56 Å². The molecule has 1 heterocycles. The first kappa shape index (κ1) is 17.3. The number of rotatable bonds is 6. The zero-order chi connectivity index (χ0) is 17.8. The average molecular weight is 358 g/mol. The van der Waals surface area contributed by atoms with Crippen LogP contribution in [-0.2, 0) is 13.5 Å². The molecule has 6 heteroatoms. The van der Waals surface area contributed by atoms with E-state index in [-0.39, 0.29) is 5.56 Å². The maximum atomic E-state index is 12.4. The number of ether oxygens (including phenoxy) is 1. The molecule has 0 aliphatic rings. The van der Waals surface area contributed by atoms with Gasteiger partial charge in [-0.3, -0.25) is 9.36 Å². The predicted molar refractivity (Wildman–Crippen MR) is 102 cm³/mol. The van der Waals surface area contributed by atoms with E-state index in [0.29, 0.717) is 21.9 Å². The molecule has 3 rings (SSSR count). The van der Waals surface area contributed by atoms with Gasteiger partial charge in [0, 0.05) is 18.6 Å². The third-order valence-electron chi connectivity index (χ3n) is 4.12. The molecule has 0 aliphatic heterocycles. The Labute approximate surface area is 151 Å². The molecule has 0 aliphatic carbocycles. The van der Waals surface area contributed by atoms with E-state index in [1.807, 2.05) is 12.1 Å². The minimum Gasteiger partial charge on any atom is -0.497 e. The molecule has 5 nitrogen and oxygen atoms in total. The van der Waals surface area contributed by atoms with Gasteiger partial charge in [-0.25, -0.2) is 4.98 Å². The highest BCUT2D eigenvalue weighted by atomic mass is 35.5. The molecule has 0 saturated heterocycles. The number of halogens is 1. The van der Waals surface area contributed by atoms with Gasteiger partial charge >= 0.3 is 0 Å². The monoisotopic (exact) mass is 357 g/mol. The molecule has 3 aromatic rings. The summed E-state index contributed by atoms with van der Waals surface area (Å²) in [7, 11) is 3.38. The Morgan fingerprint density at radius 1 is 1.20 bits per heavy atom. The van der Waals surface area contributed by atoms with Crippen LogP contribution in [0.4, 0.5) is 5.95 Å². The minimum atomic E-state index is -0.0840. The summed E-state index contributed by atoms with van der Waals surface area (Å²) in [4.78, 5) is 16.9. The molecule has 1 N–H and O–H groups in total. The smallest absolute Gasteiger partial charge is 0.262 e. The maximum Gasteiger partial charge on any atom is 0.262 e. The summed E-state index contributed by atoms with van der Waals surface area (Å²) in [5.74, 6) is 1.41. The molecule has 25 heavy (non-hydrogen) atoms. The molecule has 0 spiro atoms. The van der Waals surface area contributed by atoms with Crippen molar-refractivity contribution in [3.05, 3.63) is 63.4 Å². The van der Waals surface area contributed by atoms with Gasteiger partial charge in [0.1, 0.15) is 5.75 Å². The molecule has 0 fully saturated rings. The molecule has 2 aromatic carbocycles. The molecule has 0 atom stereocenters. The number of aryl methyl sites for hydroxylation is 1. The van der Waals surface area contributed by atoms with Crippen LogP contribution in [-0.4, -0.2) is 23.2 Å². The van der Waals surface area contributed by atoms with Crippen molar-refractivity contribution in [1.29, 1.82) is 0 Å². The number of methoxy groups -OCH3 is 1. The van der Waals surface area contributed by atoms with Gasteiger partial charge in [-0.1, -0.05) is 23.7 Å². The van der Waals surface area contributed by atoms with Crippen molar-refractivity contribution in [3.8, 4) is 5.75 Å². The normalized spacial score (nSPS) is 10.8. The number of anilines is 1. The Morgan fingerprint density at radius 2 is 1.96 bits per heavy atom. The summed E-state index contributed by atoms with van der Waals surface area (Å²) in [6.45, 7) is 0.721. The van der Waals surface area contributed by atoms with Crippen LogP contribution >= 0.6 is 11.6 Å². The van der Waals surface area contributed by atoms with Crippen LogP contribution < -0.4 is 15.6 Å². The molecule has 0 unspecified atom stereocenters. The summed E-state index contributed by atoms with van der Waals surface area (Å²) >= 11 is 6.00. The number of aromatic nitrogens is 2. The van der Waals surface area contributed by atoms with Gasteiger partial charge in [0.15, 0.2) is 0 Å². The second-order valence-corrected chi connectivity index (χ2v) is 6.28. The zero-order valence-corrected chi connectivity index (χ0v) is 15.0. The van der Waals surface area contributed by atoms with Gasteiger partial charge in [-0.15, -0.1) is 0 Å². The van der Waals surface area contributed by atoms with Gasteiger partial charge in [0.2, 0.25) is 5.95 Å². The van der Waals surface area contributed by atoms with Gasteiger partial charge in [0.05, 0.1) is 18.0 Å². The largest absolute Gasteiger partial charge is 0.497 e. The first-order chi connectivity index (χ1) is 12.1. The van der Waals surface area contributed by atoms with Crippen LogP contribution in [0.25, 0.3) is 10.9 Å². The standard InChI is InChI=1S/C19H20ClN3O2/c1-23-18(24)16-10-7-14(20)12-17(16)22-19(23)21-11-3-4-13-5-8-15(25-2)9-6-13/h5-10,12H,3-4,11H2,1-2H3,(H,21,22). The van der Waals surface area contributed by atoms with E-state index >= 15 is 0 Å². The van der Waals surface area contributed by atoms with Gasteiger partial charge < -0.3 is 10.1 Å². The molecule has 0 saturated carbocycles. The Morgan fingerprint density at radius 3 is 2.68 bits per heavy atom. The van der Waals surface area contributed by atoms with E-state index in [2.05, 4.69) is 22.4 Å². The van der Waals surface area contributed by atoms with E-state index < -0.39 is 0 Å². The van der Waals surface area contributed by atoms with Crippen molar-refractivity contribution >= 4 is 28.5 Å². The Kier molecular flexibility index (Phi) is 5.24. The number of nitrogens with one attached hydrogen (secondary N) is 1. The van der Waals surface area contributed by atoms with Crippen LogP contribution in [0.3, 0.4) is 0 Å². The van der Waals surface area contributed by atoms with Crippen molar-refractivity contribution in [1.82, 2.24) is 9.55 Å². The molecule has 130 valence electrons. The van der Waals surface area contributed by atoms with E-state index in [1.165, 1.54) is 10.1 Å². The average Bonchev–Trinajstić information content (AvgIpc) is 2.63. The fourth-order valence-corrected chi connectivity index (χ4v) is 2.85. The van der Waals surface area contributed by atoms with E-state index in [9.17, 15) is 4.79 Å². The van der Waals surface area contributed by atoms with Crippen LogP contribution in [0.1, 0.15) is 12.0 Å². The highest BCUT2D eigenvalue weighted by Gasteiger charge is 2.08. The van der Waals surface area contributed by atoms with Crippen molar-refractivity contribution in [3.63, 3.8) is 0 Å².